The average molecular weight is 362 g/mol. The number of para-hydroxylation sites is 2. The van der Waals surface area contributed by atoms with Gasteiger partial charge in [0.15, 0.2) is 0 Å². The summed E-state index contributed by atoms with van der Waals surface area (Å²) in [6.45, 7) is 0.628. The molecule has 0 spiro atoms. The van der Waals surface area contributed by atoms with E-state index in [0.29, 0.717) is 6.54 Å². The van der Waals surface area contributed by atoms with Crippen LogP contribution in [0.5, 0.6) is 11.5 Å². The lowest BCUT2D eigenvalue weighted by Gasteiger charge is -2.10. The van der Waals surface area contributed by atoms with Crippen molar-refractivity contribution >= 4 is 28.3 Å². The molecule has 4 aromatic rings. The molecule has 0 fully saturated rings. The van der Waals surface area contributed by atoms with Crippen LogP contribution in [0.1, 0.15) is 5.56 Å². The molecule has 0 aliphatic carbocycles. The first kappa shape index (κ1) is 16.4. The largest absolute Gasteiger partial charge is 0.457 e. The van der Waals surface area contributed by atoms with Crippen LogP contribution >= 0.6 is 11.6 Å². The van der Waals surface area contributed by atoms with Gasteiger partial charge in [-0.25, -0.2) is 9.97 Å². The molecule has 26 heavy (non-hydrogen) atoms. The fourth-order valence-electron chi connectivity index (χ4n) is 2.67. The van der Waals surface area contributed by atoms with Gasteiger partial charge in [0.05, 0.1) is 5.52 Å². The van der Waals surface area contributed by atoms with E-state index in [1.165, 1.54) is 0 Å². The Labute approximate surface area is 156 Å². The number of halogens is 1. The minimum absolute atomic E-state index is 0.234. The number of fused-ring (bicyclic) bond motifs is 1. The van der Waals surface area contributed by atoms with Crippen LogP contribution in [0.3, 0.4) is 0 Å². The molecule has 1 aromatic heterocycles. The Kier molecular flexibility index (Phi) is 4.67. The van der Waals surface area contributed by atoms with Gasteiger partial charge in [-0.3, -0.25) is 0 Å². The number of benzene rings is 3. The van der Waals surface area contributed by atoms with Gasteiger partial charge in [0.25, 0.3) is 0 Å². The van der Waals surface area contributed by atoms with E-state index in [2.05, 4.69) is 15.3 Å². The summed E-state index contributed by atoms with van der Waals surface area (Å²) in [5.41, 5.74) is 1.94. The molecule has 4 nitrogen and oxygen atoms in total. The summed E-state index contributed by atoms with van der Waals surface area (Å²) in [5, 5.41) is 4.52. The first-order chi connectivity index (χ1) is 12.8. The molecule has 0 atom stereocenters. The number of aromatic nitrogens is 2. The minimum Gasteiger partial charge on any atom is -0.457 e. The van der Waals surface area contributed by atoms with Crippen molar-refractivity contribution in [2.75, 3.05) is 5.32 Å². The third-order valence-corrected chi connectivity index (χ3v) is 4.11. The summed E-state index contributed by atoms with van der Waals surface area (Å²) in [6.07, 6.45) is 0. The van der Waals surface area contributed by atoms with Crippen molar-refractivity contribution in [1.82, 2.24) is 9.97 Å². The second kappa shape index (κ2) is 7.42. The van der Waals surface area contributed by atoms with Crippen LogP contribution < -0.4 is 10.1 Å². The molecule has 0 unspecified atom stereocenters. The van der Waals surface area contributed by atoms with Crippen molar-refractivity contribution in [2.45, 2.75) is 6.54 Å². The molecule has 0 saturated heterocycles. The molecule has 0 aliphatic heterocycles. The Hall–Kier alpha value is -3.11. The van der Waals surface area contributed by atoms with E-state index in [0.717, 1.165) is 33.8 Å². The number of rotatable bonds is 5. The van der Waals surface area contributed by atoms with Gasteiger partial charge in [-0.15, -0.1) is 0 Å². The lowest BCUT2D eigenvalue weighted by atomic mass is 10.2. The normalized spacial score (nSPS) is 10.7. The lowest BCUT2D eigenvalue weighted by Crippen LogP contribution is -2.03. The summed E-state index contributed by atoms with van der Waals surface area (Å²) < 4.78 is 5.81. The van der Waals surface area contributed by atoms with Crippen LogP contribution in [0, 0.1) is 0 Å². The third kappa shape index (κ3) is 3.76. The Morgan fingerprint density at radius 1 is 0.769 bits per heavy atom. The summed E-state index contributed by atoms with van der Waals surface area (Å²) in [7, 11) is 0. The minimum atomic E-state index is 0.234. The summed E-state index contributed by atoms with van der Waals surface area (Å²) in [5.74, 6) is 2.35. The molecule has 4 rings (SSSR count). The van der Waals surface area contributed by atoms with E-state index < -0.39 is 0 Å². The van der Waals surface area contributed by atoms with Gasteiger partial charge in [0.2, 0.25) is 5.28 Å². The predicted octanol–water partition coefficient (Wildman–Crippen LogP) is 5.69. The van der Waals surface area contributed by atoms with Gasteiger partial charge >= 0.3 is 0 Å². The Balaban J connectivity index is 1.47. The van der Waals surface area contributed by atoms with Crippen LogP contribution in [0.15, 0.2) is 78.9 Å². The van der Waals surface area contributed by atoms with Crippen molar-refractivity contribution in [3.8, 4) is 11.5 Å². The average Bonchev–Trinajstić information content (AvgIpc) is 2.68. The van der Waals surface area contributed by atoms with E-state index >= 15 is 0 Å². The highest BCUT2D eigenvalue weighted by molar-refractivity contribution is 6.28. The molecule has 0 amide bonds. The topological polar surface area (TPSA) is 47.0 Å². The molecule has 1 N–H and O–H groups in total. The van der Waals surface area contributed by atoms with Crippen molar-refractivity contribution in [3.63, 3.8) is 0 Å². The van der Waals surface area contributed by atoms with Crippen molar-refractivity contribution in [2.24, 2.45) is 0 Å². The molecular formula is C21H16ClN3O. The third-order valence-electron chi connectivity index (χ3n) is 3.94. The van der Waals surface area contributed by atoms with Gasteiger partial charge in [0, 0.05) is 11.9 Å². The number of anilines is 1. The second-order valence-corrected chi connectivity index (χ2v) is 6.11. The number of nitrogens with one attached hydrogen (secondary N) is 1. The van der Waals surface area contributed by atoms with Crippen molar-refractivity contribution < 1.29 is 4.74 Å². The van der Waals surface area contributed by atoms with Crippen LogP contribution in [0.4, 0.5) is 5.82 Å². The number of nitrogens with zero attached hydrogens (tertiary/aromatic N) is 2. The van der Waals surface area contributed by atoms with Crippen molar-refractivity contribution in [1.29, 1.82) is 0 Å². The summed E-state index contributed by atoms with van der Waals surface area (Å²) in [4.78, 5) is 8.55. The Bertz CT molecular complexity index is 1020. The zero-order valence-electron chi connectivity index (χ0n) is 13.9. The Morgan fingerprint density at radius 2 is 1.46 bits per heavy atom. The monoisotopic (exact) mass is 361 g/mol. The zero-order chi connectivity index (χ0) is 17.8. The molecule has 128 valence electrons. The van der Waals surface area contributed by atoms with Gasteiger partial charge in [0.1, 0.15) is 17.3 Å². The van der Waals surface area contributed by atoms with Crippen LogP contribution in [0.2, 0.25) is 5.28 Å². The predicted molar refractivity (Wildman–Crippen MR) is 105 cm³/mol. The molecule has 0 radical (unpaired) electrons. The van der Waals surface area contributed by atoms with Crippen LogP contribution in [-0.4, -0.2) is 9.97 Å². The maximum atomic E-state index is 6.02. The number of hydrogen-bond acceptors (Lipinski definition) is 4. The van der Waals surface area contributed by atoms with E-state index in [-0.39, 0.29) is 5.28 Å². The molecule has 0 aliphatic rings. The highest BCUT2D eigenvalue weighted by atomic mass is 35.5. The number of ether oxygens (including phenoxy) is 1. The molecular weight excluding hydrogens is 346 g/mol. The van der Waals surface area contributed by atoms with Gasteiger partial charge in [-0.05, 0) is 53.6 Å². The maximum absolute atomic E-state index is 6.02. The molecule has 3 aromatic carbocycles. The first-order valence-corrected chi connectivity index (χ1v) is 8.64. The van der Waals surface area contributed by atoms with Gasteiger partial charge in [-0.2, -0.15) is 0 Å². The zero-order valence-corrected chi connectivity index (χ0v) is 14.6. The standard InChI is InChI=1S/C21H16ClN3O/c22-21-24-19-9-5-4-8-18(19)20(25-21)23-14-15-10-12-17(13-11-15)26-16-6-2-1-3-7-16/h1-13H,14H2,(H,23,24,25). The van der Waals surface area contributed by atoms with Crippen LogP contribution in [-0.2, 0) is 6.54 Å². The van der Waals surface area contributed by atoms with E-state index in [1.54, 1.807) is 0 Å². The maximum Gasteiger partial charge on any atom is 0.224 e. The molecule has 0 saturated carbocycles. The smallest absolute Gasteiger partial charge is 0.224 e. The van der Waals surface area contributed by atoms with E-state index in [9.17, 15) is 0 Å². The van der Waals surface area contributed by atoms with Gasteiger partial charge in [-0.1, -0.05) is 42.5 Å². The highest BCUT2D eigenvalue weighted by Crippen LogP contribution is 2.24. The van der Waals surface area contributed by atoms with Crippen LogP contribution in [0.25, 0.3) is 10.9 Å². The lowest BCUT2D eigenvalue weighted by molar-refractivity contribution is 0.482. The number of hydrogen-bond donors (Lipinski definition) is 1. The molecule has 1 heterocycles. The highest BCUT2D eigenvalue weighted by Gasteiger charge is 2.06. The van der Waals surface area contributed by atoms with Crippen molar-refractivity contribution in [3.05, 3.63) is 89.7 Å². The quantitative estimate of drug-likeness (QED) is 0.464. The Morgan fingerprint density at radius 3 is 2.27 bits per heavy atom. The fourth-order valence-corrected chi connectivity index (χ4v) is 2.84. The first-order valence-electron chi connectivity index (χ1n) is 8.26. The fraction of sp³-hybridized carbons (Fsp3) is 0.0476. The second-order valence-electron chi connectivity index (χ2n) is 5.77. The summed E-state index contributed by atoms with van der Waals surface area (Å²) >= 11 is 6.02. The summed E-state index contributed by atoms with van der Waals surface area (Å²) in [6, 6.07) is 25.5. The van der Waals surface area contributed by atoms with E-state index in [4.69, 9.17) is 16.3 Å². The SMILES string of the molecule is Clc1nc(NCc2ccc(Oc3ccccc3)cc2)c2ccccc2n1. The molecule has 5 heteroatoms. The molecule has 0 bridgehead atoms. The van der Waals surface area contributed by atoms with E-state index in [1.807, 2.05) is 78.9 Å². The van der Waals surface area contributed by atoms with Gasteiger partial charge < -0.3 is 10.1 Å².